The third-order valence-electron chi connectivity index (χ3n) is 1.22. The fourth-order valence-corrected chi connectivity index (χ4v) is 0.639. The Balaban J connectivity index is 2.87. The summed E-state index contributed by atoms with van der Waals surface area (Å²) in [6, 6.07) is 0. The van der Waals surface area contributed by atoms with Crippen molar-refractivity contribution in [3.05, 3.63) is 10.4 Å². The molecule has 0 aliphatic carbocycles. The van der Waals surface area contributed by atoms with Gasteiger partial charge in [-0.3, -0.25) is 0 Å². The molecular formula is C7H15N3O3. The van der Waals surface area contributed by atoms with E-state index in [4.69, 9.17) is 20.1 Å². The molecule has 0 fully saturated rings. The van der Waals surface area contributed by atoms with Crippen LogP contribution in [0.3, 0.4) is 0 Å². The standard InChI is InChI=1S/C7H15N3O3/c8-10-9-2-5-13-7-6-12-4-1-3-11/h11H,1-7H2. The number of hydrogen-bond acceptors (Lipinski definition) is 4. The molecule has 0 unspecified atom stereocenters. The summed E-state index contributed by atoms with van der Waals surface area (Å²) in [4.78, 5) is 2.58. The summed E-state index contributed by atoms with van der Waals surface area (Å²) in [7, 11) is 0. The summed E-state index contributed by atoms with van der Waals surface area (Å²) in [6.45, 7) is 2.48. The Labute approximate surface area is 77.1 Å². The van der Waals surface area contributed by atoms with Gasteiger partial charge in [-0.15, -0.1) is 0 Å². The van der Waals surface area contributed by atoms with Gasteiger partial charge in [0.15, 0.2) is 0 Å². The molecule has 0 radical (unpaired) electrons. The highest BCUT2D eigenvalue weighted by Crippen LogP contribution is 1.82. The van der Waals surface area contributed by atoms with E-state index < -0.39 is 0 Å². The van der Waals surface area contributed by atoms with Crippen molar-refractivity contribution in [2.45, 2.75) is 6.42 Å². The second kappa shape index (κ2) is 11.2. The van der Waals surface area contributed by atoms with Crippen LogP contribution in [-0.4, -0.2) is 44.7 Å². The number of hydrogen-bond donors (Lipinski definition) is 1. The lowest BCUT2D eigenvalue weighted by atomic mass is 10.5. The molecule has 76 valence electrons. The van der Waals surface area contributed by atoms with Gasteiger partial charge >= 0.3 is 0 Å². The molecule has 0 spiro atoms. The number of ether oxygens (including phenoxy) is 2. The molecule has 0 atom stereocenters. The van der Waals surface area contributed by atoms with Crippen LogP contribution in [0, 0.1) is 0 Å². The van der Waals surface area contributed by atoms with Crippen molar-refractivity contribution in [2.24, 2.45) is 5.11 Å². The molecule has 0 bridgehead atoms. The Morgan fingerprint density at radius 3 is 2.46 bits per heavy atom. The zero-order chi connectivity index (χ0) is 9.78. The smallest absolute Gasteiger partial charge is 0.0700 e. The number of nitrogens with zero attached hydrogens (tertiary/aromatic N) is 3. The van der Waals surface area contributed by atoms with Gasteiger partial charge in [0, 0.05) is 24.7 Å². The van der Waals surface area contributed by atoms with Gasteiger partial charge in [0.1, 0.15) is 0 Å². The molecule has 0 aliphatic heterocycles. The third-order valence-corrected chi connectivity index (χ3v) is 1.22. The topological polar surface area (TPSA) is 87.5 Å². The van der Waals surface area contributed by atoms with Crippen LogP contribution in [-0.2, 0) is 9.47 Å². The first-order valence-corrected chi connectivity index (χ1v) is 4.19. The lowest BCUT2D eigenvalue weighted by molar-refractivity contribution is 0.0453. The average molecular weight is 189 g/mol. The first-order chi connectivity index (χ1) is 6.41. The molecule has 0 aromatic rings. The van der Waals surface area contributed by atoms with Gasteiger partial charge < -0.3 is 14.6 Å². The monoisotopic (exact) mass is 189 g/mol. The van der Waals surface area contributed by atoms with Gasteiger partial charge in [-0.25, -0.2) is 0 Å². The molecule has 1 N–H and O–H groups in total. The van der Waals surface area contributed by atoms with E-state index in [-0.39, 0.29) is 6.61 Å². The number of azide groups is 1. The lowest BCUT2D eigenvalue weighted by Crippen LogP contribution is -2.07. The number of aliphatic hydroxyl groups excluding tert-OH is 1. The van der Waals surface area contributed by atoms with Crippen LogP contribution in [0.15, 0.2) is 5.11 Å². The fourth-order valence-electron chi connectivity index (χ4n) is 0.639. The SMILES string of the molecule is [N-]=[N+]=NCCOCCOCCCO. The van der Waals surface area contributed by atoms with Crippen molar-refractivity contribution in [1.82, 2.24) is 0 Å². The molecule has 0 rings (SSSR count). The van der Waals surface area contributed by atoms with Gasteiger partial charge in [0.05, 0.1) is 19.8 Å². The van der Waals surface area contributed by atoms with Crippen molar-refractivity contribution in [3.8, 4) is 0 Å². The van der Waals surface area contributed by atoms with Crippen molar-refractivity contribution >= 4 is 0 Å². The van der Waals surface area contributed by atoms with E-state index in [0.717, 1.165) is 0 Å². The van der Waals surface area contributed by atoms with Gasteiger partial charge in [-0.05, 0) is 12.0 Å². The third kappa shape index (κ3) is 11.2. The van der Waals surface area contributed by atoms with E-state index >= 15 is 0 Å². The first kappa shape index (κ1) is 12.2. The van der Waals surface area contributed by atoms with Gasteiger partial charge in [-0.1, -0.05) is 5.11 Å². The van der Waals surface area contributed by atoms with E-state index in [2.05, 4.69) is 10.0 Å². The van der Waals surface area contributed by atoms with Crippen molar-refractivity contribution in [3.63, 3.8) is 0 Å². The van der Waals surface area contributed by atoms with Crippen LogP contribution in [0.25, 0.3) is 10.4 Å². The summed E-state index contributed by atoms with van der Waals surface area (Å²) in [5, 5.41) is 11.7. The van der Waals surface area contributed by atoms with Crippen molar-refractivity contribution < 1.29 is 14.6 Å². The van der Waals surface area contributed by atoms with Crippen LogP contribution < -0.4 is 0 Å². The Hall–Kier alpha value is -0.810. The van der Waals surface area contributed by atoms with E-state index in [1.54, 1.807) is 0 Å². The Morgan fingerprint density at radius 2 is 1.85 bits per heavy atom. The molecular weight excluding hydrogens is 174 g/mol. The fraction of sp³-hybridized carbons (Fsp3) is 1.00. The van der Waals surface area contributed by atoms with E-state index in [0.29, 0.717) is 39.4 Å². The summed E-state index contributed by atoms with van der Waals surface area (Å²) >= 11 is 0. The molecule has 0 amide bonds. The van der Waals surface area contributed by atoms with Crippen LogP contribution in [0.2, 0.25) is 0 Å². The Morgan fingerprint density at radius 1 is 1.15 bits per heavy atom. The summed E-state index contributed by atoms with van der Waals surface area (Å²) in [5.41, 5.74) is 7.92. The van der Waals surface area contributed by atoms with Crippen molar-refractivity contribution in [2.75, 3.05) is 39.6 Å². The number of rotatable bonds is 9. The highest BCUT2D eigenvalue weighted by atomic mass is 16.5. The first-order valence-electron chi connectivity index (χ1n) is 4.19. The predicted octanol–water partition coefficient (Wildman–Crippen LogP) is 0.712. The van der Waals surface area contributed by atoms with Crippen LogP contribution in [0.5, 0.6) is 0 Å². The minimum absolute atomic E-state index is 0.151. The highest BCUT2D eigenvalue weighted by molar-refractivity contribution is 4.44. The predicted molar refractivity (Wildman–Crippen MR) is 47.4 cm³/mol. The quantitative estimate of drug-likeness (QED) is 0.251. The normalized spacial score (nSPS) is 9.62. The second-order valence-electron chi connectivity index (χ2n) is 2.26. The minimum atomic E-state index is 0.151. The highest BCUT2D eigenvalue weighted by Gasteiger charge is 1.88. The van der Waals surface area contributed by atoms with E-state index in [1.807, 2.05) is 0 Å². The van der Waals surface area contributed by atoms with Gasteiger partial charge in [0.2, 0.25) is 0 Å². The molecule has 0 saturated heterocycles. The van der Waals surface area contributed by atoms with E-state index in [9.17, 15) is 0 Å². The lowest BCUT2D eigenvalue weighted by Gasteiger charge is -2.03. The molecule has 0 aromatic carbocycles. The zero-order valence-corrected chi connectivity index (χ0v) is 7.56. The second-order valence-corrected chi connectivity index (χ2v) is 2.26. The molecule has 6 heteroatoms. The van der Waals surface area contributed by atoms with Crippen LogP contribution in [0.1, 0.15) is 6.42 Å². The molecule has 0 saturated carbocycles. The van der Waals surface area contributed by atoms with E-state index in [1.165, 1.54) is 0 Å². The molecule has 0 aliphatic rings. The van der Waals surface area contributed by atoms with Gasteiger partial charge in [0.25, 0.3) is 0 Å². The van der Waals surface area contributed by atoms with Crippen molar-refractivity contribution in [1.29, 1.82) is 0 Å². The summed E-state index contributed by atoms with van der Waals surface area (Å²) in [6.07, 6.45) is 0.652. The number of aliphatic hydroxyl groups is 1. The molecule has 6 nitrogen and oxygen atoms in total. The molecule has 0 aromatic heterocycles. The molecule has 0 heterocycles. The Bertz CT molecular complexity index is 148. The summed E-state index contributed by atoms with van der Waals surface area (Å²) < 4.78 is 10.2. The minimum Gasteiger partial charge on any atom is -0.396 e. The van der Waals surface area contributed by atoms with Gasteiger partial charge in [-0.2, -0.15) is 0 Å². The summed E-state index contributed by atoms with van der Waals surface area (Å²) in [5.74, 6) is 0. The zero-order valence-electron chi connectivity index (χ0n) is 7.56. The maximum Gasteiger partial charge on any atom is 0.0700 e. The average Bonchev–Trinajstić information content (AvgIpc) is 2.16. The Kier molecular flexibility index (Phi) is 10.5. The largest absolute Gasteiger partial charge is 0.396 e. The van der Waals surface area contributed by atoms with Crippen LogP contribution >= 0.6 is 0 Å². The maximum atomic E-state index is 8.41. The molecule has 13 heavy (non-hydrogen) atoms. The maximum absolute atomic E-state index is 8.41. The van der Waals surface area contributed by atoms with Crippen LogP contribution in [0.4, 0.5) is 0 Å².